The summed E-state index contributed by atoms with van der Waals surface area (Å²) in [5.41, 5.74) is 5.32. The summed E-state index contributed by atoms with van der Waals surface area (Å²) in [6, 6.07) is 3.06. The minimum Gasteiger partial charge on any atom is -0.472 e. The smallest absolute Gasteiger partial charge is 0.251 e. The van der Waals surface area contributed by atoms with Crippen LogP contribution in [-0.4, -0.2) is 42.7 Å². The van der Waals surface area contributed by atoms with Gasteiger partial charge in [0.25, 0.3) is 5.91 Å². The average molecular weight is 265 g/mol. The van der Waals surface area contributed by atoms with E-state index in [2.05, 4.69) is 10.3 Å². The van der Waals surface area contributed by atoms with Gasteiger partial charge in [-0.1, -0.05) is 0 Å². The standard InChI is InChI=1S/C12H15N3O4/c13-10(16)6-15-12(17)8-1-3-14-11(5-8)19-9-2-4-18-7-9/h1,3,5,9H,2,4,6-7H2,(H2,13,16)(H,15,17). The summed E-state index contributed by atoms with van der Waals surface area (Å²) in [5.74, 6) is -0.627. The van der Waals surface area contributed by atoms with Crippen LogP contribution in [0.5, 0.6) is 5.88 Å². The van der Waals surface area contributed by atoms with Crippen LogP contribution >= 0.6 is 0 Å². The fraction of sp³-hybridized carbons (Fsp3) is 0.417. The molecule has 1 aromatic heterocycles. The molecular weight excluding hydrogens is 250 g/mol. The number of nitrogens with zero attached hydrogens (tertiary/aromatic N) is 1. The zero-order chi connectivity index (χ0) is 13.7. The van der Waals surface area contributed by atoms with Crippen molar-refractivity contribution in [2.45, 2.75) is 12.5 Å². The van der Waals surface area contributed by atoms with Gasteiger partial charge in [0.15, 0.2) is 0 Å². The first-order valence-electron chi connectivity index (χ1n) is 5.92. The van der Waals surface area contributed by atoms with Crippen molar-refractivity contribution < 1.29 is 19.1 Å². The highest BCUT2D eigenvalue weighted by molar-refractivity contribution is 5.96. The quantitative estimate of drug-likeness (QED) is 0.744. The van der Waals surface area contributed by atoms with Crippen molar-refractivity contribution in [1.82, 2.24) is 10.3 Å². The molecule has 7 nitrogen and oxygen atoms in total. The van der Waals surface area contributed by atoms with Gasteiger partial charge in [0.05, 0.1) is 19.8 Å². The predicted octanol–water partition coefficient (Wildman–Crippen LogP) is -0.536. The van der Waals surface area contributed by atoms with E-state index in [1.54, 1.807) is 0 Å². The molecule has 1 unspecified atom stereocenters. The molecule has 0 saturated carbocycles. The number of hydrogen-bond acceptors (Lipinski definition) is 5. The lowest BCUT2D eigenvalue weighted by Crippen LogP contribution is -2.33. The Morgan fingerprint density at radius 2 is 2.42 bits per heavy atom. The predicted molar refractivity (Wildman–Crippen MR) is 65.6 cm³/mol. The molecule has 2 heterocycles. The Hall–Kier alpha value is -2.15. The van der Waals surface area contributed by atoms with E-state index in [4.69, 9.17) is 15.2 Å². The molecule has 2 rings (SSSR count). The van der Waals surface area contributed by atoms with E-state index in [0.717, 1.165) is 6.42 Å². The Kier molecular flexibility index (Phi) is 4.30. The molecule has 1 aliphatic heterocycles. The Bertz CT molecular complexity index is 472. The molecular formula is C12H15N3O4. The van der Waals surface area contributed by atoms with Gasteiger partial charge in [-0.05, 0) is 6.07 Å². The lowest BCUT2D eigenvalue weighted by molar-refractivity contribution is -0.117. The van der Waals surface area contributed by atoms with Gasteiger partial charge < -0.3 is 20.5 Å². The summed E-state index contributed by atoms with van der Waals surface area (Å²) in [6.45, 7) is 0.997. The van der Waals surface area contributed by atoms with Crippen molar-refractivity contribution in [3.05, 3.63) is 23.9 Å². The fourth-order valence-corrected chi connectivity index (χ4v) is 1.66. The largest absolute Gasteiger partial charge is 0.472 e. The number of nitrogens with two attached hydrogens (primary N) is 1. The molecule has 0 spiro atoms. The van der Waals surface area contributed by atoms with Crippen molar-refractivity contribution in [3.63, 3.8) is 0 Å². The number of amides is 2. The first-order valence-corrected chi connectivity index (χ1v) is 5.92. The van der Waals surface area contributed by atoms with E-state index in [1.165, 1.54) is 18.3 Å². The molecule has 0 aliphatic carbocycles. The van der Waals surface area contributed by atoms with E-state index in [1.807, 2.05) is 0 Å². The second kappa shape index (κ2) is 6.14. The number of carbonyl (C=O) groups excluding carboxylic acids is 2. The molecule has 19 heavy (non-hydrogen) atoms. The van der Waals surface area contributed by atoms with E-state index in [9.17, 15) is 9.59 Å². The Morgan fingerprint density at radius 1 is 1.58 bits per heavy atom. The molecule has 102 valence electrons. The summed E-state index contributed by atoms with van der Waals surface area (Å²) in [7, 11) is 0. The summed E-state index contributed by atoms with van der Waals surface area (Å²) in [5, 5.41) is 2.40. The molecule has 0 radical (unpaired) electrons. The Labute approximate surface area is 110 Å². The second-order valence-corrected chi connectivity index (χ2v) is 4.14. The molecule has 1 atom stereocenters. The maximum atomic E-state index is 11.7. The van der Waals surface area contributed by atoms with E-state index in [0.29, 0.717) is 24.7 Å². The van der Waals surface area contributed by atoms with Crippen molar-refractivity contribution in [3.8, 4) is 5.88 Å². The van der Waals surface area contributed by atoms with Crippen LogP contribution in [0.1, 0.15) is 16.8 Å². The van der Waals surface area contributed by atoms with E-state index in [-0.39, 0.29) is 12.6 Å². The summed E-state index contributed by atoms with van der Waals surface area (Å²) in [4.78, 5) is 26.3. The van der Waals surface area contributed by atoms with Crippen LogP contribution in [0.25, 0.3) is 0 Å². The minimum absolute atomic E-state index is 0.0311. The van der Waals surface area contributed by atoms with Gasteiger partial charge in [-0.2, -0.15) is 0 Å². The molecule has 1 aliphatic rings. The van der Waals surface area contributed by atoms with Crippen LogP contribution in [0.4, 0.5) is 0 Å². The third-order valence-corrected chi connectivity index (χ3v) is 2.60. The summed E-state index contributed by atoms with van der Waals surface area (Å²) < 4.78 is 10.8. The van der Waals surface area contributed by atoms with Gasteiger partial charge in [0, 0.05) is 24.2 Å². The number of pyridine rings is 1. The highest BCUT2D eigenvalue weighted by atomic mass is 16.5. The molecule has 2 amide bonds. The fourth-order valence-electron chi connectivity index (χ4n) is 1.66. The molecule has 3 N–H and O–H groups in total. The Morgan fingerprint density at radius 3 is 3.11 bits per heavy atom. The van der Waals surface area contributed by atoms with Crippen molar-refractivity contribution in [2.24, 2.45) is 5.73 Å². The van der Waals surface area contributed by atoms with Gasteiger partial charge in [-0.25, -0.2) is 4.98 Å². The van der Waals surface area contributed by atoms with E-state index < -0.39 is 11.8 Å². The van der Waals surface area contributed by atoms with Crippen LogP contribution in [0.15, 0.2) is 18.3 Å². The van der Waals surface area contributed by atoms with Crippen LogP contribution < -0.4 is 15.8 Å². The first kappa shape index (κ1) is 13.3. The normalized spacial score (nSPS) is 18.0. The van der Waals surface area contributed by atoms with Crippen LogP contribution in [0.3, 0.4) is 0 Å². The number of ether oxygens (including phenoxy) is 2. The number of hydrogen-bond donors (Lipinski definition) is 2. The van der Waals surface area contributed by atoms with E-state index >= 15 is 0 Å². The first-order chi connectivity index (χ1) is 9.15. The van der Waals surface area contributed by atoms with Gasteiger partial charge >= 0.3 is 0 Å². The number of rotatable bonds is 5. The van der Waals surface area contributed by atoms with Gasteiger partial charge in [-0.3, -0.25) is 9.59 Å². The summed E-state index contributed by atoms with van der Waals surface area (Å²) >= 11 is 0. The maximum absolute atomic E-state index is 11.7. The zero-order valence-corrected chi connectivity index (χ0v) is 10.3. The number of nitrogens with one attached hydrogen (secondary N) is 1. The summed E-state index contributed by atoms with van der Waals surface area (Å²) in [6.07, 6.45) is 2.25. The van der Waals surface area contributed by atoms with Crippen LogP contribution in [0.2, 0.25) is 0 Å². The lowest BCUT2D eigenvalue weighted by atomic mass is 10.2. The third kappa shape index (κ3) is 3.92. The van der Waals surface area contributed by atoms with Crippen molar-refractivity contribution in [1.29, 1.82) is 0 Å². The number of carbonyl (C=O) groups is 2. The van der Waals surface area contributed by atoms with Crippen molar-refractivity contribution in [2.75, 3.05) is 19.8 Å². The van der Waals surface area contributed by atoms with Gasteiger partial charge in [0.1, 0.15) is 6.10 Å². The lowest BCUT2D eigenvalue weighted by Gasteiger charge is -2.11. The molecule has 0 aromatic carbocycles. The molecule has 1 saturated heterocycles. The molecule has 1 fully saturated rings. The SMILES string of the molecule is NC(=O)CNC(=O)c1ccnc(OC2CCOC2)c1. The number of primary amides is 1. The third-order valence-electron chi connectivity index (χ3n) is 2.60. The second-order valence-electron chi connectivity index (χ2n) is 4.14. The molecule has 1 aromatic rings. The maximum Gasteiger partial charge on any atom is 0.251 e. The highest BCUT2D eigenvalue weighted by Crippen LogP contribution is 2.15. The Balaban J connectivity index is 1.97. The zero-order valence-electron chi connectivity index (χ0n) is 10.3. The highest BCUT2D eigenvalue weighted by Gasteiger charge is 2.18. The van der Waals surface area contributed by atoms with Crippen molar-refractivity contribution >= 4 is 11.8 Å². The minimum atomic E-state index is -0.595. The average Bonchev–Trinajstić information content (AvgIpc) is 2.89. The van der Waals surface area contributed by atoms with Crippen LogP contribution in [-0.2, 0) is 9.53 Å². The molecule has 7 heteroatoms. The monoisotopic (exact) mass is 265 g/mol. The van der Waals surface area contributed by atoms with Crippen LogP contribution in [0, 0.1) is 0 Å². The molecule has 0 bridgehead atoms. The van der Waals surface area contributed by atoms with Gasteiger partial charge in [0.2, 0.25) is 11.8 Å². The number of aromatic nitrogens is 1. The topological polar surface area (TPSA) is 104 Å². The van der Waals surface area contributed by atoms with Gasteiger partial charge in [-0.15, -0.1) is 0 Å².